The smallest absolute Gasteiger partial charge is 0.325 e. The molecule has 1 N–H and O–H groups in total. The predicted octanol–water partition coefficient (Wildman–Crippen LogP) is 3.89. The third kappa shape index (κ3) is 3.93. The minimum absolute atomic E-state index is 0.0230. The minimum Gasteiger partial charge on any atom is -0.346 e. The number of nitrogens with zero attached hydrogens (tertiary/aromatic N) is 6. The van der Waals surface area contributed by atoms with Gasteiger partial charge in [0, 0.05) is 31.5 Å². The van der Waals surface area contributed by atoms with Crippen LogP contribution in [0.1, 0.15) is 25.6 Å². The average Bonchev–Trinajstić information content (AvgIpc) is 3.27. The van der Waals surface area contributed by atoms with Crippen molar-refractivity contribution in [3.05, 3.63) is 59.5 Å². The molecule has 8 nitrogen and oxygen atoms in total. The number of carbonyl (C=O) groups excluding carboxylic acids is 1. The molecule has 0 bridgehead atoms. The van der Waals surface area contributed by atoms with Gasteiger partial charge in [0.15, 0.2) is 0 Å². The average molecular weight is 430 g/mol. The summed E-state index contributed by atoms with van der Waals surface area (Å²) in [5, 5.41) is 3.42. The second-order valence-corrected chi connectivity index (χ2v) is 7.69. The Hall–Kier alpha value is -3.20. The lowest BCUT2D eigenvalue weighted by Gasteiger charge is -2.20. The van der Waals surface area contributed by atoms with Crippen molar-refractivity contribution < 1.29 is 9.18 Å². The SMILES string of the molecule is C[C@H](Nc1nc(Cl)cc(N2C(=O)N(C)C[C@@H]2C)n1)c1cn(-c2ccc(F)cc2)cn1. The van der Waals surface area contributed by atoms with Crippen molar-refractivity contribution in [3.63, 3.8) is 0 Å². The van der Waals surface area contributed by atoms with Crippen LogP contribution in [0.5, 0.6) is 0 Å². The van der Waals surface area contributed by atoms with E-state index in [-0.39, 0.29) is 29.1 Å². The van der Waals surface area contributed by atoms with Crippen molar-refractivity contribution in [3.8, 4) is 5.69 Å². The second kappa shape index (κ2) is 7.91. The molecule has 0 saturated carbocycles. The van der Waals surface area contributed by atoms with Crippen LogP contribution in [0.25, 0.3) is 5.69 Å². The number of aromatic nitrogens is 4. The Labute approximate surface area is 178 Å². The molecular weight excluding hydrogens is 409 g/mol. The van der Waals surface area contributed by atoms with Gasteiger partial charge in [0.2, 0.25) is 5.95 Å². The van der Waals surface area contributed by atoms with Gasteiger partial charge < -0.3 is 14.8 Å². The van der Waals surface area contributed by atoms with Crippen molar-refractivity contribution >= 4 is 29.4 Å². The largest absolute Gasteiger partial charge is 0.346 e. The van der Waals surface area contributed by atoms with Crippen LogP contribution in [0.4, 0.5) is 21.0 Å². The van der Waals surface area contributed by atoms with E-state index >= 15 is 0 Å². The van der Waals surface area contributed by atoms with Gasteiger partial charge in [0.1, 0.15) is 16.8 Å². The summed E-state index contributed by atoms with van der Waals surface area (Å²) in [7, 11) is 1.75. The van der Waals surface area contributed by atoms with E-state index in [9.17, 15) is 9.18 Å². The Morgan fingerprint density at radius 2 is 2.00 bits per heavy atom. The van der Waals surface area contributed by atoms with E-state index in [2.05, 4.69) is 20.3 Å². The molecule has 1 fully saturated rings. The zero-order valence-electron chi connectivity index (χ0n) is 16.8. The Kier molecular flexibility index (Phi) is 5.29. The summed E-state index contributed by atoms with van der Waals surface area (Å²) < 4.78 is 14.9. The summed E-state index contributed by atoms with van der Waals surface area (Å²) in [6, 6.07) is 7.35. The van der Waals surface area contributed by atoms with Crippen LogP contribution >= 0.6 is 11.6 Å². The fraction of sp³-hybridized carbons (Fsp3) is 0.300. The van der Waals surface area contributed by atoms with Crippen molar-refractivity contribution in [1.82, 2.24) is 24.4 Å². The minimum atomic E-state index is -0.292. The number of likely N-dealkylation sites (N-methyl/N-ethyl adjacent to an activating group) is 1. The Bertz CT molecular complexity index is 1070. The number of imidazole rings is 1. The zero-order chi connectivity index (χ0) is 21.4. The van der Waals surface area contributed by atoms with Gasteiger partial charge in [-0.15, -0.1) is 0 Å². The van der Waals surface area contributed by atoms with E-state index in [0.717, 1.165) is 11.4 Å². The number of hydrogen-bond acceptors (Lipinski definition) is 5. The maximum absolute atomic E-state index is 13.1. The van der Waals surface area contributed by atoms with Gasteiger partial charge >= 0.3 is 6.03 Å². The van der Waals surface area contributed by atoms with Crippen LogP contribution in [0.15, 0.2) is 42.9 Å². The fourth-order valence-electron chi connectivity index (χ4n) is 3.43. The Morgan fingerprint density at radius 1 is 1.27 bits per heavy atom. The van der Waals surface area contributed by atoms with E-state index in [0.29, 0.717) is 18.3 Å². The van der Waals surface area contributed by atoms with E-state index in [4.69, 9.17) is 11.6 Å². The standard InChI is InChI=1S/C20H21ClFN7O/c1-12-9-27(3)20(30)29(12)18-8-17(21)25-19(26-18)24-13(2)16-10-28(11-23-16)15-6-4-14(22)5-7-15/h4-8,10-13H,9H2,1-3H3,(H,24,25,26)/t12-,13-/m0/s1. The number of nitrogens with one attached hydrogen (secondary N) is 1. The number of hydrogen-bond donors (Lipinski definition) is 1. The molecule has 0 unspecified atom stereocenters. The van der Waals surface area contributed by atoms with Gasteiger partial charge in [-0.25, -0.2) is 19.2 Å². The highest BCUT2D eigenvalue weighted by Gasteiger charge is 2.34. The molecule has 1 aliphatic heterocycles. The van der Waals surface area contributed by atoms with Crippen molar-refractivity contribution in [2.24, 2.45) is 0 Å². The van der Waals surface area contributed by atoms with E-state index in [1.54, 1.807) is 45.9 Å². The maximum Gasteiger partial charge on any atom is 0.325 e. The molecule has 2 atom stereocenters. The molecule has 2 amide bonds. The molecule has 10 heteroatoms. The molecule has 1 aliphatic rings. The highest BCUT2D eigenvalue weighted by molar-refractivity contribution is 6.29. The summed E-state index contributed by atoms with van der Waals surface area (Å²) in [5.74, 6) is 0.458. The molecule has 0 aliphatic carbocycles. The third-order valence-corrected chi connectivity index (χ3v) is 5.15. The number of halogens is 2. The van der Waals surface area contributed by atoms with Gasteiger partial charge in [0.05, 0.1) is 24.1 Å². The van der Waals surface area contributed by atoms with Crippen molar-refractivity contribution in [2.45, 2.75) is 25.9 Å². The molecule has 0 spiro atoms. The van der Waals surface area contributed by atoms with Crippen LogP contribution in [-0.4, -0.2) is 50.1 Å². The van der Waals surface area contributed by atoms with Gasteiger partial charge in [-0.3, -0.25) is 4.90 Å². The lowest BCUT2D eigenvalue weighted by Crippen LogP contribution is -2.33. The number of benzene rings is 1. The van der Waals surface area contributed by atoms with Crippen molar-refractivity contribution in [2.75, 3.05) is 23.8 Å². The van der Waals surface area contributed by atoms with Crippen LogP contribution in [0, 0.1) is 5.82 Å². The van der Waals surface area contributed by atoms with Gasteiger partial charge in [-0.05, 0) is 38.1 Å². The normalized spacial score (nSPS) is 17.5. The number of anilines is 2. The number of urea groups is 1. The zero-order valence-corrected chi connectivity index (χ0v) is 17.5. The molecular formula is C20H21ClFN7O. The molecule has 2 aromatic heterocycles. The van der Waals surface area contributed by atoms with Gasteiger partial charge in [-0.2, -0.15) is 4.98 Å². The van der Waals surface area contributed by atoms with E-state index in [1.165, 1.54) is 12.1 Å². The summed E-state index contributed by atoms with van der Waals surface area (Å²) >= 11 is 6.19. The summed E-state index contributed by atoms with van der Waals surface area (Å²) in [4.78, 5) is 28.8. The fourth-order valence-corrected chi connectivity index (χ4v) is 3.61. The van der Waals surface area contributed by atoms with Crippen molar-refractivity contribution in [1.29, 1.82) is 0 Å². The summed E-state index contributed by atoms with van der Waals surface area (Å²) in [5.41, 5.74) is 1.55. The molecule has 3 aromatic rings. The second-order valence-electron chi connectivity index (χ2n) is 7.30. The summed E-state index contributed by atoms with van der Waals surface area (Å²) in [6.45, 7) is 4.48. The van der Waals surface area contributed by atoms with Crippen LogP contribution in [0.2, 0.25) is 5.15 Å². The molecule has 4 rings (SSSR count). The lowest BCUT2D eigenvalue weighted by molar-refractivity contribution is 0.229. The van der Waals surface area contributed by atoms with Crippen LogP contribution < -0.4 is 10.2 Å². The van der Waals surface area contributed by atoms with Gasteiger partial charge in [0.25, 0.3) is 0 Å². The first-order valence-electron chi connectivity index (χ1n) is 9.47. The highest BCUT2D eigenvalue weighted by atomic mass is 35.5. The first-order valence-corrected chi connectivity index (χ1v) is 9.85. The molecule has 3 heterocycles. The predicted molar refractivity (Wildman–Crippen MR) is 113 cm³/mol. The molecule has 30 heavy (non-hydrogen) atoms. The van der Waals surface area contributed by atoms with Crippen LogP contribution in [0.3, 0.4) is 0 Å². The van der Waals surface area contributed by atoms with Gasteiger partial charge in [-0.1, -0.05) is 11.6 Å². The molecule has 0 radical (unpaired) electrons. The number of carbonyl (C=O) groups is 1. The topological polar surface area (TPSA) is 79.2 Å². The highest BCUT2D eigenvalue weighted by Crippen LogP contribution is 2.26. The number of amides is 2. The number of rotatable bonds is 5. The third-order valence-electron chi connectivity index (χ3n) is 4.96. The first-order chi connectivity index (χ1) is 14.3. The lowest BCUT2D eigenvalue weighted by atomic mass is 10.2. The maximum atomic E-state index is 13.1. The van der Waals surface area contributed by atoms with E-state index < -0.39 is 0 Å². The first kappa shape index (κ1) is 20.1. The Balaban J connectivity index is 1.54. The quantitative estimate of drug-likeness (QED) is 0.622. The molecule has 1 saturated heterocycles. The molecule has 1 aromatic carbocycles. The van der Waals surface area contributed by atoms with E-state index in [1.807, 2.05) is 20.0 Å². The summed E-state index contributed by atoms with van der Waals surface area (Å²) in [6.07, 6.45) is 3.50. The monoisotopic (exact) mass is 429 g/mol. The van der Waals surface area contributed by atoms with Crippen LogP contribution in [-0.2, 0) is 0 Å². The molecule has 156 valence electrons. The Morgan fingerprint density at radius 3 is 2.67 bits per heavy atom.